The Hall–Kier alpha value is -0.900. The van der Waals surface area contributed by atoms with E-state index in [2.05, 4.69) is 11.1 Å². The molecule has 0 aliphatic heterocycles. The molecule has 0 saturated carbocycles. The minimum absolute atomic E-state index is 0.513. The van der Waals surface area contributed by atoms with Gasteiger partial charge in [0.1, 0.15) is 5.01 Å². The van der Waals surface area contributed by atoms with Crippen LogP contribution in [0.15, 0.2) is 24.4 Å². The van der Waals surface area contributed by atoms with Gasteiger partial charge in [0.2, 0.25) is 0 Å². The number of thiazole rings is 1. The van der Waals surface area contributed by atoms with Crippen molar-refractivity contribution in [2.45, 2.75) is 19.9 Å². The van der Waals surface area contributed by atoms with E-state index in [9.17, 15) is 0 Å². The van der Waals surface area contributed by atoms with E-state index in [4.69, 9.17) is 17.3 Å². The van der Waals surface area contributed by atoms with Crippen LogP contribution in [-0.4, -0.2) is 4.98 Å². The zero-order valence-corrected chi connectivity index (χ0v) is 10.6. The van der Waals surface area contributed by atoms with Crippen LogP contribution in [0.4, 0.5) is 0 Å². The predicted molar refractivity (Wildman–Crippen MR) is 69.0 cm³/mol. The Morgan fingerprint density at radius 3 is 2.94 bits per heavy atom. The Balaban J connectivity index is 2.23. The van der Waals surface area contributed by atoms with Crippen molar-refractivity contribution >= 4 is 22.9 Å². The molecular formula is C12H13ClN2S. The molecule has 0 saturated heterocycles. The normalized spacial score (nSPS) is 10.7. The molecule has 0 atom stereocenters. The summed E-state index contributed by atoms with van der Waals surface area (Å²) >= 11 is 7.74. The predicted octanol–water partition coefficient (Wildman–Crippen LogP) is 3.15. The summed E-state index contributed by atoms with van der Waals surface area (Å²) < 4.78 is 0. The third-order valence-corrected chi connectivity index (χ3v) is 3.95. The number of nitrogens with zero attached hydrogens (tertiary/aromatic N) is 1. The highest BCUT2D eigenvalue weighted by molar-refractivity contribution is 7.11. The number of rotatable bonds is 3. The molecule has 1 aromatic carbocycles. The van der Waals surface area contributed by atoms with Crippen LogP contribution < -0.4 is 5.73 Å². The lowest BCUT2D eigenvalue weighted by Gasteiger charge is -2.05. The van der Waals surface area contributed by atoms with Gasteiger partial charge in [-0.15, -0.1) is 11.3 Å². The molecule has 0 aliphatic carbocycles. The van der Waals surface area contributed by atoms with Gasteiger partial charge in [-0.3, -0.25) is 0 Å². The Kier molecular flexibility index (Phi) is 3.59. The first-order valence-electron chi connectivity index (χ1n) is 5.08. The fourth-order valence-electron chi connectivity index (χ4n) is 1.56. The maximum absolute atomic E-state index is 6.08. The van der Waals surface area contributed by atoms with Crippen LogP contribution >= 0.6 is 22.9 Å². The highest BCUT2D eigenvalue weighted by Gasteiger charge is 2.06. The average Bonchev–Trinajstić information content (AvgIpc) is 2.73. The Bertz CT molecular complexity index is 494. The minimum atomic E-state index is 0.513. The number of hydrogen-bond acceptors (Lipinski definition) is 3. The standard InChI is InChI=1S/C12H13ClN2S/c1-8-9(3-2-4-11(8)13)5-10-7-15-12(6-14)16-10/h2-4,7H,5-6,14H2,1H3. The molecule has 2 aromatic rings. The van der Waals surface area contributed by atoms with Crippen molar-refractivity contribution < 1.29 is 0 Å². The summed E-state index contributed by atoms with van der Waals surface area (Å²) in [5.74, 6) is 0. The van der Waals surface area contributed by atoms with Crippen LogP contribution in [-0.2, 0) is 13.0 Å². The van der Waals surface area contributed by atoms with E-state index in [1.54, 1.807) is 11.3 Å². The van der Waals surface area contributed by atoms with Crippen molar-refractivity contribution in [3.63, 3.8) is 0 Å². The molecule has 4 heteroatoms. The second-order valence-electron chi connectivity index (χ2n) is 3.63. The van der Waals surface area contributed by atoms with E-state index in [0.29, 0.717) is 6.54 Å². The van der Waals surface area contributed by atoms with Crippen molar-refractivity contribution in [2.75, 3.05) is 0 Å². The first-order chi connectivity index (χ1) is 7.70. The Morgan fingerprint density at radius 2 is 2.25 bits per heavy atom. The maximum atomic E-state index is 6.08. The van der Waals surface area contributed by atoms with Crippen molar-refractivity contribution in [1.29, 1.82) is 0 Å². The van der Waals surface area contributed by atoms with Crippen molar-refractivity contribution in [3.8, 4) is 0 Å². The highest BCUT2D eigenvalue weighted by Crippen LogP contribution is 2.23. The Morgan fingerprint density at radius 1 is 1.44 bits per heavy atom. The molecule has 0 unspecified atom stereocenters. The second kappa shape index (κ2) is 4.95. The quantitative estimate of drug-likeness (QED) is 0.912. The summed E-state index contributed by atoms with van der Waals surface area (Å²) in [4.78, 5) is 5.47. The second-order valence-corrected chi connectivity index (χ2v) is 5.23. The molecule has 0 amide bonds. The van der Waals surface area contributed by atoms with E-state index in [0.717, 1.165) is 22.0 Å². The van der Waals surface area contributed by atoms with Crippen molar-refractivity contribution in [1.82, 2.24) is 4.98 Å². The molecule has 84 valence electrons. The molecule has 0 radical (unpaired) electrons. The van der Waals surface area contributed by atoms with Crippen LogP contribution in [0.25, 0.3) is 0 Å². The van der Waals surface area contributed by atoms with E-state index in [-0.39, 0.29) is 0 Å². The lowest BCUT2D eigenvalue weighted by molar-refractivity contribution is 1.04. The molecule has 2 N–H and O–H groups in total. The number of hydrogen-bond donors (Lipinski definition) is 1. The summed E-state index contributed by atoms with van der Waals surface area (Å²) in [7, 11) is 0. The molecule has 0 spiro atoms. The summed E-state index contributed by atoms with van der Waals surface area (Å²) in [6.07, 6.45) is 2.78. The van der Waals surface area contributed by atoms with Gasteiger partial charge in [0.05, 0.1) is 0 Å². The van der Waals surface area contributed by atoms with E-state index in [1.165, 1.54) is 10.4 Å². The van der Waals surface area contributed by atoms with Gasteiger partial charge in [-0.25, -0.2) is 4.98 Å². The maximum Gasteiger partial charge on any atom is 0.106 e. The molecule has 0 fully saturated rings. The fourth-order valence-corrected chi connectivity index (χ4v) is 2.57. The molecule has 2 rings (SSSR count). The lowest BCUT2D eigenvalue weighted by Crippen LogP contribution is -1.93. The summed E-state index contributed by atoms with van der Waals surface area (Å²) in [6, 6.07) is 6.00. The molecule has 0 aliphatic rings. The first-order valence-corrected chi connectivity index (χ1v) is 6.28. The summed E-state index contributed by atoms with van der Waals surface area (Å²) in [5, 5.41) is 1.80. The number of aromatic nitrogens is 1. The zero-order valence-electron chi connectivity index (χ0n) is 9.03. The van der Waals surface area contributed by atoms with Gasteiger partial charge in [-0.05, 0) is 24.1 Å². The van der Waals surface area contributed by atoms with Crippen molar-refractivity contribution in [2.24, 2.45) is 5.73 Å². The smallest absolute Gasteiger partial charge is 0.106 e. The number of halogens is 1. The average molecular weight is 253 g/mol. The molecule has 1 aromatic heterocycles. The molecule has 2 nitrogen and oxygen atoms in total. The highest BCUT2D eigenvalue weighted by atomic mass is 35.5. The first kappa shape index (κ1) is 11.6. The van der Waals surface area contributed by atoms with Gasteiger partial charge in [-0.1, -0.05) is 23.7 Å². The van der Waals surface area contributed by atoms with E-state index < -0.39 is 0 Å². The van der Waals surface area contributed by atoms with Crippen LogP contribution in [0.5, 0.6) is 0 Å². The van der Waals surface area contributed by atoms with Gasteiger partial charge in [0.15, 0.2) is 0 Å². The van der Waals surface area contributed by atoms with Gasteiger partial charge >= 0.3 is 0 Å². The van der Waals surface area contributed by atoms with E-state index in [1.807, 2.05) is 25.3 Å². The summed E-state index contributed by atoms with van der Waals surface area (Å²) in [6.45, 7) is 2.56. The van der Waals surface area contributed by atoms with Crippen LogP contribution in [0, 0.1) is 6.92 Å². The third-order valence-electron chi connectivity index (χ3n) is 2.52. The van der Waals surface area contributed by atoms with Gasteiger partial charge in [0, 0.05) is 29.1 Å². The van der Waals surface area contributed by atoms with Gasteiger partial charge in [-0.2, -0.15) is 0 Å². The SMILES string of the molecule is Cc1c(Cl)cccc1Cc1cnc(CN)s1. The third kappa shape index (κ3) is 2.43. The van der Waals surface area contributed by atoms with Gasteiger partial charge < -0.3 is 5.73 Å². The van der Waals surface area contributed by atoms with Crippen LogP contribution in [0.2, 0.25) is 5.02 Å². The van der Waals surface area contributed by atoms with Crippen molar-refractivity contribution in [3.05, 3.63) is 50.4 Å². The topological polar surface area (TPSA) is 38.9 Å². The largest absolute Gasteiger partial charge is 0.325 e. The lowest BCUT2D eigenvalue weighted by atomic mass is 10.1. The van der Waals surface area contributed by atoms with Crippen LogP contribution in [0.1, 0.15) is 21.0 Å². The molecule has 0 bridgehead atoms. The molecular weight excluding hydrogens is 240 g/mol. The fraction of sp³-hybridized carbons (Fsp3) is 0.250. The summed E-state index contributed by atoms with van der Waals surface area (Å²) in [5.41, 5.74) is 7.93. The number of nitrogens with two attached hydrogens (primary N) is 1. The monoisotopic (exact) mass is 252 g/mol. The minimum Gasteiger partial charge on any atom is -0.325 e. The molecule has 1 heterocycles. The van der Waals surface area contributed by atoms with Gasteiger partial charge in [0.25, 0.3) is 0 Å². The van der Waals surface area contributed by atoms with Crippen LogP contribution in [0.3, 0.4) is 0 Å². The molecule has 16 heavy (non-hydrogen) atoms. The van der Waals surface area contributed by atoms with E-state index >= 15 is 0 Å². The Labute approximate surface area is 104 Å². The zero-order chi connectivity index (χ0) is 11.5. The number of benzene rings is 1.